The third kappa shape index (κ3) is 2.48. The third-order valence-corrected chi connectivity index (χ3v) is 3.28. The summed E-state index contributed by atoms with van der Waals surface area (Å²) < 4.78 is 10.3. The number of hydrogen-bond donors (Lipinski definition) is 1. The van der Waals surface area contributed by atoms with Gasteiger partial charge in [0.2, 0.25) is 0 Å². The minimum Gasteiger partial charge on any atom is -0.494 e. The van der Waals surface area contributed by atoms with Gasteiger partial charge >= 0.3 is 5.97 Å². The van der Waals surface area contributed by atoms with Crippen molar-refractivity contribution in [3.05, 3.63) is 28.8 Å². The first-order chi connectivity index (χ1) is 8.65. The molecule has 4 nitrogen and oxygen atoms in total. The smallest absolute Gasteiger partial charge is 0.310 e. The van der Waals surface area contributed by atoms with E-state index in [-0.39, 0.29) is 18.4 Å². The molecule has 1 aliphatic rings. The summed E-state index contributed by atoms with van der Waals surface area (Å²) in [5, 5.41) is 0. The topological polar surface area (TPSA) is 61.5 Å². The lowest BCUT2D eigenvalue weighted by atomic mass is 9.99. The number of nitrogens with two attached hydrogens (primary N) is 1. The van der Waals surface area contributed by atoms with Gasteiger partial charge in [0.05, 0.1) is 20.1 Å². The first-order valence-corrected chi connectivity index (χ1v) is 6.24. The van der Waals surface area contributed by atoms with Crippen molar-refractivity contribution in [3.8, 4) is 5.75 Å². The van der Waals surface area contributed by atoms with E-state index in [1.807, 2.05) is 19.1 Å². The molecule has 1 atom stereocenters. The number of fused-ring (bicyclic) bond motifs is 1. The number of rotatable bonds is 4. The van der Waals surface area contributed by atoms with Gasteiger partial charge < -0.3 is 15.2 Å². The maximum atomic E-state index is 11.5. The van der Waals surface area contributed by atoms with Crippen LogP contribution in [0.2, 0.25) is 0 Å². The average Bonchev–Trinajstić information content (AvgIpc) is 2.73. The zero-order valence-electron chi connectivity index (χ0n) is 10.9. The van der Waals surface area contributed by atoms with Gasteiger partial charge in [-0.05, 0) is 37.0 Å². The monoisotopic (exact) mass is 249 g/mol. The molecule has 0 fully saturated rings. The maximum Gasteiger partial charge on any atom is 0.310 e. The van der Waals surface area contributed by atoms with Crippen molar-refractivity contribution in [3.63, 3.8) is 0 Å². The SMILES string of the molecule is CCOc1ccc2c(c1CC(=O)OC)CC(N)C2. The fourth-order valence-corrected chi connectivity index (χ4v) is 2.48. The zero-order chi connectivity index (χ0) is 13.1. The Hall–Kier alpha value is -1.55. The van der Waals surface area contributed by atoms with E-state index in [9.17, 15) is 4.79 Å². The number of carbonyl (C=O) groups excluding carboxylic acids is 1. The molecule has 1 unspecified atom stereocenters. The van der Waals surface area contributed by atoms with Gasteiger partial charge in [-0.3, -0.25) is 4.79 Å². The molecule has 0 aromatic heterocycles. The molecule has 0 bridgehead atoms. The van der Waals surface area contributed by atoms with Crippen molar-refractivity contribution in [1.29, 1.82) is 0 Å². The van der Waals surface area contributed by atoms with Gasteiger partial charge in [0.1, 0.15) is 5.75 Å². The summed E-state index contributed by atoms with van der Waals surface area (Å²) >= 11 is 0. The summed E-state index contributed by atoms with van der Waals surface area (Å²) in [7, 11) is 1.40. The first-order valence-electron chi connectivity index (χ1n) is 6.24. The van der Waals surface area contributed by atoms with E-state index in [4.69, 9.17) is 15.2 Å². The second-order valence-corrected chi connectivity index (χ2v) is 4.53. The number of esters is 1. The molecular weight excluding hydrogens is 230 g/mol. The molecule has 0 saturated heterocycles. The molecule has 0 amide bonds. The van der Waals surface area contributed by atoms with E-state index in [2.05, 4.69) is 0 Å². The van der Waals surface area contributed by atoms with Crippen molar-refractivity contribution in [2.45, 2.75) is 32.2 Å². The molecule has 0 aliphatic heterocycles. The van der Waals surface area contributed by atoms with Crippen LogP contribution in [-0.4, -0.2) is 25.7 Å². The van der Waals surface area contributed by atoms with E-state index in [1.54, 1.807) is 0 Å². The van der Waals surface area contributed by atoms with E-state index >= 15 is 0 Å². The Balaban J connectivity index is 2.38. The lowest BCUT2D eigenvalue weighted by molar-refractivity contribution is -0.139. The molecule has 0 saturated carbocycles. The Morgan fingerprint density at radius 1 is 1.44 bits per heavy atom. The molecule has 0 radical (unpaired) electrons. The average molecular weight is 249 g/mol. The summed E-state index contributed by atoms with van der Waals surface area (Å²) in [5.74, 6) is 0.528. The summed E-state index contributed by atoms with van der Waals surface area (Å²) in [6.07, 6.45) is 1.93. The van der Waals surface area contributed by atoms with Crippen molar-refractivity contribution in [2.24, 2.45) is 5.73 Å². The standard InChI is InChI=1S/C14H19NO3/c1-3-18-13-5-4-9-6-10(15)7-11(9)12(13)8-14(16)17-2/h4-5,10H,3,6-8,15H2,1-2H3. The number of benzene rings is 1. The Morgan fingerprint density at radius 2 is 2.22 bits per heavy atom. The number of ether oxygens (including phenoxy) is 2. The van der Waals surface area contributed by atoms with Crippen LogP contribution in [-0.2, 0) is 28.8 Å². The summed E-state index contributed by atoms with van der Waals surface area (Å²) in [6, 6.07) is 4.13. The summed E-state index contributed by atoms with van der Waals surface area (Å²) in [5.41, 5.74) is 9.32. The predicted octanol–water partition coefficient (Wildman–Crippen LogP) is 1.23. The second kappa shape index (κ2) is 5.40. The van der Waals surface area contributed by atoms with Gasteiger partial charge in [0.25, 0.3) is 0 Å². The minimum atomic E-state index is -0.246. The van der Waals surface area contributed by atoms with E-state index < -0.39 is 0 Å². The highest BCUT2D eigenvalue weighted by atomic mass is 16.5. The summed E-state index contributed by atoms with van der Waals surface area (Å²) in [6.45, 7) is 2.51. The molecule has 2 N–H and O–H groups in total. The molecule has 2 rings (SSSR count). The van der Waals surface area contributed by atoms with E-state index in [0.29, 0.717) is 6.61 Å². The number of methoxy groups -OCH3 is 1. The van der Waals surface area contributed by atoms with Crippen LogP contribution in [0.25, 0.3) is 0 Å². The fourth-order valence-electron chi connectivity index (χ4n) is 2.48. The highest BCUT2D eigenvalue weighted by Crippen LogP contribution is 2.32. The van der Waals surface area contributed by atoms with Gasteiger partial charge in [0.15, 0.2) is 0 Å². The molecule has 1 aromatic carbocycles. The van der Waals surface area contributed by atoms with Crippen LogP contribution < -0.4 is 10.5 Å². The van der Waals surface area contributed by atoms with Crippen LogP contribution in [0.15, 0.2) is 12.1 Å². The Morgan fingerprint density at radius 3 is 2.89 bits per heavy atom. The fraction of sp³-hybridized carbons (Fsp3) is 0.500. The van der Waals surface area contributed by atoms with Crippen molar-refractivity contribution in [1.82, 2.24) is 0 Å². The van der Waals surface area contributed by atoms with E-state index in [1.165, 1.54) is 18.2 Å². The van der Waals surface area contributed by atoms with Crippen molar-refractivity contribution in [2.75, 3.05) is 13.7 Å². The largest absolute Gasteiger partial charge is 0.494 e. The second-order valence-electron chi connectivity index (χ2n) is 4.53. The van der Waals surface area contributed by atoms with Gasteiger partial charge in [-0.15, -0.1) is 0 Å². The van der Waals surface area contributed by atoms with Crippen LogP contribution in [0.4, 0.5) is 0 Å². The molecule has 98 valence electrons. The highest BCUT2D eigenvalue weighted by molar-refractivity contribution is 5.74. The molecule has 1 aliphatic carbocycles. The third-order valence-electron chi connectivity index (χ3n) is 3.28. The van der Waals surface area contributed by atoms with Gasteiger partial charge in [-0.1, -0.05) is 6.07 Å². The molecule has 1 aromatic rings. The Kier molecular flexibility index (Phi) is 3.87. The maximum absolute atomic E-state index is 11.5. The van der Waals surface area contributed by atoms with Crippen LogP contribution in [0, 0.1) is 0 Å². The Labute approximate surface area is 107 Å². The molecule has 18 heavy (non-hydrogen) atoms. The van der Waals surface area contributed by atoms with Gasteiger partial charge in [-0.25, -0.2) is 0 Å². The highest BCUT2D eigenvalue weighted by Gasteiger charge is 2.24. The number of hydrogen-bond acceptors (Lipinski definition) is 4. The van der Waals surface area contributed by atoms with Crippen LogP contribution in [0.5, 0.6) is 5.75 Å². The minimum absolute atomic E-state index is 0.147. The van der Waals surface area contributed by atoms with Crippen LogP contribution in [0.1, 0.15) is 23.6 Å². The lowest BCUT2D eigenvalue weighted by Crippen LogP contribution is -2.19. The lowest BCUT2D eigenvalue weighted by Gasteiger charge is -2.14. The first kappa shape index (κ1) is 12.9. The quantitative estimate of drug-likeness (QED) is 0.815. The van der Waals surface area contributed by atoms with Crippen molar-refractivity contribution < 1.29 is 14.3 Å². The van der Waals surface area contributed by atoms with Crippen molar-refractivity contribution >= 4 is 5.97 Å². The van der Waals surface area contributed by atoms with E-state index in [0.717, 1.165) is 24.2 Å². The number of carbonyl (C=O) groups is 1. The predicted molar refractivity (Wildman–Crippen MR) is 68.7 cm³/mol. The normalized spacial score (nSPS) is 17.4. The molecule has 4 heteroatoms. The molecular formula is C14H19NO3. The van der Waals surface area contributed by atoms with Crippen LogP contribution in [0.3, 0.4) is 0 Å². The molecule has 0 spiro atoms. The zero-order valence-corrected chi connectivity index (χ0v) is 10.9. The van der Waals surface area contributed by atoms with Gasteiger partial charge in [0, 0.05) is 11.6 Å². The Bertz CT molecular complexity index is 457. The van der Waals surface area contributed by atoms with Crippen LogP contribution >= 0.6 is 0 Å². The van der Waals surface area contributed by atoms with Gasteiger partial charge in [-0.2, -0.15) is 0 Å². The summed E-state index contributed by atoms with van der Waals surface area (Å²) in [4.78, 5) is 11.5. The molecule has 0 heterocycles.